The van der Waals surface area contributed by atoms with Crippen molar-refractivity contribution >= 4 is 5.97 Å². The summed E-state index contributed by atoms with van der Waals surface area (Å²) in [4.78, 5) is 16.8. The van der Waals surface area contributed by atoms with Crippen LogP contribution in [0.15, 0.2) is 41.0 Å². The molecule has 5 nitrogen and oxygen atoms in total. The number of carboxylic acids is 1. The Morgan fingerprint density at radius 2 is 2.11 bits per heavy atom. The molecule has 1 aromatic heterocycles. The molecule has 5 heteroatoms. The monoisotopic (exact) mass is 260 g/mol. The highest BCUT2D eigenvalue weighted by Gasteiger charge is 2.09. The van der Waals surface area contributed by atoms with Crippen LogP contribution in [-0.2, 0) is 11.3 Å². The Morgan fingerprint density at radius 1 is 1.37 bits per heavy atom. The molecule has 2 aromatic rings. The van der Waals surface area contributed by atoms with Crippen molar-refractivity contribution in [1.82, 2.24) is 9.88 Å². The van der Waals surface area contributed by atoms with Gasteiger partial charge in [-0.25, -0.2) is 4.98 Å². The van der Waals surface area contributed by atoms with Crippen LogP contribution in [0.5, 0.6) is 0 Å². The second-order valence-corrected chi connectivity index (χ2v) is 4.39. The van der Waals surface area contributed by atoms with Gasteiger partial charge in [-0.1, -0.05) is 18.2 Å². The zero-order valence-corrected chi connectivity index (χ0v) is 10.7. The number of aromatic nitrogens is 1. The molecule has 0 fully saturated rings. The first-order valence-corrected chi connectivity index (χ1v) is 6.05. The molecule has 0 saturated carbocycles. The molecule has 0 radical (unpaired) electrons. The Bertz CT molecular complexity index is 537. The molecule has 2 rings (SSSR count). The lowest BCUT2D eigenvalue weighted by molar-refractivity contribution is -0.137. The average Bonchev–Trinajstić information content (AvgIpc) is 2.86. The summed E-state index contributed by atoms with van der Waals surface area (Å²) in [6.45, 7) is 1.06. The average molecular weight is 260 g/mol. The van der Waals surface area contributed by atoms with Crippen molar-refractivity contribution in [3.8, 4) is 11.5 Å². The summed E-state index contributed by atoms with van der Waals surface area (Å²) in [5, 5.41) is 8.62. The van der Waals surface area contributed by atoms with Gasteiger partial charge >= 0.3 is 5.97 Å². The van der Waals surface area contributed by atoms with Gasteiger partial charge in [0, 0.05) is 18.7 Å². The van der Waals surface area contributed by atoms with Crippen molar-refractivity contribution in [2.75, 3.05) is 13.6 Å². The van der Waals surface area contributed by atoms with Crippen LogP contribution in [0.2, 0.25) is 0 Å². The predicted octanol–water partition coefficient (Wildman–Crippen LogP) is 2.25. The molecule has 0 atom stereocenters. The minimum Gasteiger partial charge on any atom is -0.481 e. The second kappa shape index (κ2) is 6.15. The second-order valence-electron chi connectivity index (χ2n) is 4.39. The van der Waals surface area contributed by atoms with Crippen LogP contribution in [0, 0.1) is 0 Å². The fourth-order valence-corrected chi connectivity index (χ4v) is 1.74. The number of benzene rings is 1. The van der Waals surface area contributed by atoms with Crippen LogP contribution in [0.25, 0.3) is 11.5 Å². The first-order chi connectivity index (χ1) is 9.15. The molecule has 0 aliphatic carbocycles. The maximum atomic E-state index is 10.5. The van der Waals surface area contributed by atoms with E-state index in [9.17, 15) is 4.79 Å². The van der Waals surface area contributed by atoms with Crippen molar-refractivity contribution in [3.63, 3.8) is 0 Å². The maximum Gasteiger partial charge on any atom is 0.304 e. The van der Waals surface area contributed by atoms with Gasteiger partial charge in [-0.05, 0) is 19.2 Å². The highest BCUT2D eigenvalue weighted by Crippen LogP contribution is 2.18. The van der Waals surface area contributed by atoms with E-state index in [0.29, 0.717) is 19.0 Å². The van der Waals surface area contributed by atoms with Gasteiger partial charge in [-0.15, -0.1) is 0 Å². The number of carbonyl (C=O) groups is 1. The Labute approximate surface area is 111 Å². The third-order valence-corrected chi connectivity index (χ3v) is 2.71. The van der Waals surface area contributed by atoms with E-state index in [1.54, 1.807) is 6.26 Å². The van der Waals surface area contributed by atoms with Crippen LogP contribution < -0.4 is 0 Å². The zero-order valence-electron chi connectivity index (χ0n) is 10.7. The molecule has 0 amide bonds. The molecule has 19 heavy (non-hydrogen) atoms. The standard InChI is InChI=1S/C14H16N2O3/c1-16(8-7-13(17)18)9-12-10-19-14(15-12)11-5-3-2-4-6-11/h2-6,10H,7-9H2,1H3,(H,17,18). The first-order valence-electron chi connectivity index (χ1n) is 6.05. The lowest BCUT2D eigenvalue weighted by Crippen LogP contribution is -2.21. The van der Waals surface area contributed by atoms with E-state index in [4.69, 9.17) is 9.52 Å². The molecular weight excluding hydrogens is 244 g/mol. The third kappa shape index (κ3) is 3.93. The fraction of sp³-hybridized carbons (Fsp3) is 0.286. The SMILES string of the molecule is CN(CCC(=O)O)Cc1coc(-c2ccccc2)n1. The van der Waals surface area contributed by atoms with Crippen molar-refractivity contribution in [3.05, 3.63) is 42.3 Å². The Balaban J connectivity index is 1.96. The van der Waals surface area contributed by atoms with Crippen LogP contribution in [0.4, 0.5) is 0 Å². The summed E-state index contributed by atoms with van der Waals surface area (Å²) < 4.78 is 5.42. The Hall–Kier alpha value is -2.14. The molecule has 0 spiro atoms. The number of oxazole rings is 1. The minimum atomic E-state index is -0.794. The van der Waals surface area contributed by atoms with Gasteiger partial charge in [-0.3, -0.25) is 9.69 Å². The fourth-order valence-electron chi connectivity index (χ4n) is 1.74. The largest absolute Gasteiger partial charge is 0.481 e. The summed E-state index contributed by atoms with van der Waals surface area (Å²) in [6.07, 6.45) is 1.74. The molecule has 0 aliphatic heterocycles. The van der Waals surface area contributed by atoms with E-state index in [1.165, 1.54) is 0 Å². The number of hydrogen-bond acceptors (Lipinski definition) is 4. The number of carboxylic acid groups (broad SMARTS) is 1. The van der Waals surface area contributed by atoms with Crippen molar-refractivity contribution < 1.29 is 14.3 Å². The molecule has 0 saturated heterocycles. The van der Waals surface area contributed by atoms with Gasteiger partial charge in [0.2, 0.25) is 5.89 Å². The first kappa shape index (κ1) is 13.3. The summed E-state index contributed by atoms with van der Waals surface area (Å²) in [7, 11) is 1.86. The van der Waals surface area contributed by atoms with Crippen LogP contribution in [0.3, 0.4) is 0 Å². The Kier molecular flexibility index (Phi) is 4.30. The van der Waals surface area contributed by atoms with E-state index in [2.05, 4.69) is 4.98 Å². The van der Waals surface area contributed by atoms with E-state index < -0.39 is 5.97 Å². The molecule has 1 N–H and O–H groups in total. The molecule has 100 valence electrons. The third-order valence-electron chi connectivity index (χ3n) is 2.71. The van der Waals surface area contributed by atoms with Crippen LogP contribution in [0.1, 0.15) is 12.1 Å². The normalized spacial score (nSPS) is 10.8. The number of aliphatic carboxylic acids is 1. The maximum absolute atomic E-state index is 10.5. The van der Waals surface area contributed by atoms with E-state index in [1.807, 2.05) is 42.3 Å². The van der Waals surface area contributed by atoms with E-state index in [-0.39, 0.29) is 6.42 Å². The lowest BCUT2D eigenvalue weighted by atomic mass is 10.2. The van der Waals surface area contributed by atoms with Gasteiger partial charge in [-0.2, -0.15) is 0 Å². The van der Waals surface area contributed by atoms with Crippen molar-refractivity contribution in [2.45, 2.75) is 13.0 Å². The van der Waals surface area contributed by atoms with Crippen molar-refractivity contribution in [2.24, 2.45) is 0 Å². The summed E-state index contributed by atoms with van der Waals surface area (Å²) >= 11 is 0. The smallest absolute Gasteiger partial charge is 0.304 e. The summed E-state index contributed by atoms with van der Waals surface area (Å²) in [5.74, 6) is -0.209. The molecule has 1 aromatic carbocycles. The van der Waals surface area contributed by atoms with Crippen LogP contribution in [-0.4, -0.2) is 34.6 Å². The summed E-state index contributed by atoms with van der Waals surface area (Å²) in [5.41, 5.74) is 1.73. The molecular formula is C14H16N2O3. The van der Waals surface area contributed by atoms with E-state index >= 15 is 0 Å². The lowest BCUT2D eigenvalue weighted by Gasteiger charge is -2.12. The van der Waals surface area contributed by atoms with Gasteiger partial charge in [0.15, 0.2) is 0 Å². The molecule has 1 heterocycles. The van der Waals surface area contributed by atoms with Gasteiger partial charge in [0.05, 0.1) is 12.1 Å². The predicted molar refractivity (Wildman–Crippen MR) is 70.5 cm³/mol. The van der Waals surface area contributed by atoms with Gasteiger partial charge in [0.1, 0.15) is 6.26 Å². The number of rotatable bonds is 6. The van der Waals surface area contributed by atoms with Gasteiger partial charge < -0.3 is 9.52 Å². The van der Waals surface area contributed by atoms with Gasteiger partial charge in [0.25, 0.3) is 0 Å². The number of nitrogens with zero attached hydrogens (tertiary/aromatic N) is 2. The van der Waals surface area contributed by atoms with Crippen molar-refractivity contribution in [1.29, 1.82) is 0 Å². The topological polar surface area (TPSA) is 66.6 Å². The highest BCUT2D eigenvalue weighted by molar-refractivity contribution is 5.66. The van der Waals surface area contributed by atoms with Crippen LogP contribution >= 0.6 is 0 Å². The molecule has 0 unspecified atom stereocenters. The Morgan fingerprint density at radius 3 is 2.79 bits per heavy atom. The molecule has 0 aliphatic rings. The van der Waals surface area contributed by atoms with E-state index in [0.717, 1.165) is 11.3 Å². The summed E-state index contributed by atoms with van der Waals surface area (Å²) in [6, 6.07) is 9.66. The minimum absolute atomic E-state index is 0.125. The zero-order chi connectivity index (χ0) is 13.7. The quantitative estimate of drug-likeness (QED) is 0.862. The molecule has 0 bridgehead atoms. The number of hydrogen-bond donors (Lipinski definition) is 1. The highest BCUT2D eigenvalue weighted by atomic mass is 16.4.